The van der Waals surface area contributed by atoms with Crippen LogP contribution in [0.4, 0.5) is 0 Å². The van der Waals surface area contributed by atoms with Crippen LogP contribution in [-0.4, -0.2) is 55.7 Å². The fourth-order valence-corrected chi connectivity index (χ4v) is 4.12. The van der Waals surface area contributed by atoms with Crippen LogP contribution in [0.2, 0.25) is 0 Å². The molecule has 13 nitrogen and oxygen atoms in total. The third kappa shape index (κ3) is 9.11. The van der Waals surface area contributed by atoms with E-state index in [9.17, 15) is 23.7 Å². The van der Waals surface area contributed by atoms with Gasteiger partial charge in [-0.15, -0.1) is 0 Å². The summed E-state index contributed by atoms with van der Waals surface area (Å²) in [6, 6.07) is 10.4. The molecule has 0 saturated heterocycles. The topological polar surface area (TPSA) is 221 Å². The maximum absolute atomic E-state index is 13.0. The van der Waals surface area contributed by atoms with E-state index in [0.29, 0.717) is 5.56 Å². The van der Waals surface area contributed by atoms with Crippen molar-refractivity contribution in [2.75, 3.05) is 0 Å². The number of hydrogen-bond donors (Lipinski definition) is 7. The van der Waals surface area contributed by atoms with Crippen LogP contribution in [0.25, 0.3) is 17.0 Å². The van der Waals surface area contributed by atoms with Gasteiger partial charge in [-0.3, -0.25) is 29.0 Å². The van der Waals surface area contributed by atoms with Crippen molar-refractivity contribution < 1.29 is 43.2 Å². The average molecular weight is 558 g/mol. The van der Waals surface area contributed by atoms with Crippen LogP contribution in [0.15, 0.2) is 60.8 Å². The van der Waals surface area contributed by atoms with Crippen LogP contribution in [0.3, 0.4) is 0 Å². The minimum atomic E-state index is -4.71. The number of phosphoric acid groups is 1. The Hall–Kier alpha value is -4.45. The van der Waals surface area contributed by atoms with Gasteiger partial charge in [-0.2, -0.15) is 0 Å². The quantitative estimate of drug-likeness (QED) is 0.118. The molecule has 0 aliphatic heterocycles. The van der Waals surface area contributed by atoms with Crippen LogP contribution in [-0.2, 0) is 30.2 Å². The first-order chi connectivity index (χ1) is 18.4. The Bertz CT molecular complexity index is 1430. The van der Waals surface area contributed by atoms with Crippen molar-refractivity contribution >= 4 is 48.5 Å². The maximum Gasteiger partial charge on any atom is 0.524 e. The van der Waals surface area contributed by atoms with Gasteiger partial charge in [-0.25, -0.2) is 4.57 Å². The van der Waals surface area contributed by atoms with E-state index in [0.717, 1.165) is 22.5 Å². The number of hydrogen-bond acceptors (Lipinski definition) is 6. The molecule has 0 aliphatic rings. The molecular weight excluding hydrogens is 531 g/mol. The van der Waals surface area contributed by atoms with Gasteiger partial charge in [0, 0.05) is 36.0 Å². The number of nitrogens with one attached hydrogen (secondary N) is 3. The number of phosphoric ester groups is 1. The van der Waals surface area contributed by atoms with E-state index >= 15 is 0 Å². The van der Waals surface area contributed by atoms with Crippen molar-refractivity contribution in [2.24, 2.45) is 5.73 Å². The number of aliphatic carboxylic acids is 1. The Balaban J connectivity index is 1.67. The highest BCUT2D eigenvalue weighted by Crippen LogP contribution is 2.37. The van der Waals surface area contributed by atoms with Gasteiger partial charge in [0.2, 0.25) is 17.7 Å². The van der Waals surface area contributed by atoms with E-state index in [4.69, 9.17) is 20.6 Å². The molecule has 206 valence electrons. The minimum Gasteiger partial charge on any atom is -0.481 e. The molecule has 2 atom stereocenters. The molecule has 0 saturated carbocycles. The zero-order valence-electron chi connectivity index (χ0n) is 20.4. The Morgan fingerprint density at radius 1 is 1.03 bits per heavy atom. The standard InChI is InChI=1S/C25H27N4O9P/c26-24(33)21(13-16-14-27-19-4-2-1-3-18(16)19)29-25(34)20(10-12-23(31)32)28-22(30)11-7-15-5-8-17(9-6-15)38-39(35,36)37/h1-9,11,14,20-21,27H,10,12-13H2,(H2,26,33)(H,28,30)(H,29,34)(H,31,32)(H2,35,36,37)/b11-7+/t20?,21-/m0/s1. The molecule has 1 unspecified atom stereocenters. The summed E-state index contributed by atoms with van der Waals surface area (Å²) in [6.45, 7) is 0. The highest BCUT2D eigenvalue weighted by atomic mass is 31.2. The predicted molar refractivity (Wildman–Crippen MR) is 140 cm³/mol. The molecule has 14 heteroatoms. The van der Waals surface area contributed by atoms with Crippen LogP contribution in [0, 0.1) is 0 Å². The molecule has 8 N–H and O–H groups in total. The number of aromatic nitrogens is 1. The van der Waals surface area contributed by atoms with E-state index in [1.54, 1.807) is 6.20 Å². The van der Waals surface area contributed by atoms with E-state index in [1.165, 1.54) is 30.3 Å². The lowest BCUT2D eigenvalue weighted by atomic mass is 10.0. The molecule has 3 rings (SSSR count). The van der Waals surface area contributed by atoms with E-state index in [1.807, 2.05) is 24.3 Å². The van der Waals surface area contributed by atoms with Crippen molar-refractivity contribution in [3.05, 3.63) is 71.9 Å². The number of H-pyrrole nitrogens is 1. The summed E-state index contributed by atoms with van der Waals surface area (Å²) >= 11 is 0. The third-order valence-corrected chi connectivity index (χ3v) is 6.02. The number of amides is 3. The number of carboxylic acid groups (broad SMARTS) is 1. The number of aromatic amines is 1. The van der Waals surface area contributed by atoms with Gasteiger partial charge in [0.05, 0.1) is 0 Å². The van der Waals surface area contributed by atoms with Gasteiger partial charge in [0.25, 0.3) is 0 Å². The number of carbonyl (C=O) groups excluding carboxylic acids is 3. The highest BCUT2D eigenvalue weighted by molar-refractivity contribution is 7.46. The molecule has 3 amide bonds. The first kappa shape index (κ1) is 29.1. The van der Waals surface area contributed by atoms with Crippen molar-refractivity contribution in [1.29, 1.82) is 0 Å². The summed E-state index contributed by atoms with van der Waals surface area (Å²) in [6.07, 6.45) is 3.57. The average Bonchev–Trinajstić information content (AvgIpc) is 3.27. The van der Waals surface area contributed by atoms with Crippen molar-refractivity contribution in [3.63, 3.8) is 0 Å². The van der Waals surface area contributed by atoms with E-state index < -0.39 is 50.0 Å². The number of primary amides is 1. The van der Waals surface area contributed by atoms with Crippen molar-refractivity contribution in [2.45, 2.75) is 31.3 Å². The Morgan fingerprint density at radius 2 is 1.72 bits per heavy atom. The molecule has 0 aliphatic carbocycles. The van der Waals surface area contributed by atoms with E-state index in [2.05, 4.69) is 20.1 Å². The largest absolute Gasteiger partial charge is 0.524 e. The summed E-state index contributed by atoms with van der Waals surface area (Å²) in [5, 5.41) is 14.9. The molecule has 0 radical (unpaired) electrons. The second-order valence-electron chi connectivity index (χ2n) is 8.50. The van der Waals surface area contributed by atoms with Gasteiger partial charge in [-0.1, -0.05) is 30.3 Å². The third-order valence-electron chi connectivity index (χ3n) is 5.57. The Labute approximate surface area is 222 Å². The Morgan fingerprint density at radius 3 is 2.36 bits per heavy atom. The molecule has 39 heavy (non-hydrogen) atoms. The number of para-hydroxylation sites is 1. The number of nitrogens with two attached hydrogens (primary N) is 1. The summed E-state index contributed by atoms with van der Waals surface area (Å²) in [7, 11) is -4.71. The summed E-state index contributed by atoms with van der Waals surface area (Å²) < 4.78 is 15.3. The lowest BCUT2D eigenvalue weighted by Gasteiger charge is -2.21. The number of benzene rings is 2. The lowest BCUT2D eigenvalue weighted by Crippen LogP contribution is -2.53. The zero-order valence-corrected chi connectivity index (χ0v) is 21.3. The summed E-state index contributed by atoms with van der Waals surface area (Å²) in [5.41, 5.74) is 7.57. The van der Waals surface area contributed by atoms with Crippen molar-refractivity contribution in [1.82, 2.24) is 15.6 Å². The number of fused-ring (bicyclic) bond motifs is 1. The maximum atomic E-state index is 13.0. The summed E-state index contributed by atoms with van der Waals surface area (Å²) in [5.74, 6) is -3.56. The van der Waals surface area contributed by atoms with Gasteiger partial charge >= 0.3 is 13.8 Å². The highest BCUT2D eigenvalue weighted by Gasteiger charge is 2.26. The molecule has 0 fully saturated rings. The molecule has 0 spiro atoms. The molecule has 1 heterocycles. The number of rotatable bonds is 13. The number of carbonyl (C=O) groups is 4. The molecule has 2 aromatic carbocycles. The monoisotopic (exact) mass is 558 g/mol. The van der Waals surface area contributed by atoms with Crippen LogP contribution in [0.5, 0.6) is 5.75 Å². The molecule has 0 bridgehead atoms. The lowest BCUT2D eigenvalue weighted by molar-refractivity contribution is -0.138. The van der Waals surface area contributed by atoms with Gasteiger partial charge < -0.3 is 31.0 Å². The first-order valence-electron chi connectivity index (χ1n) is 11.6. The Kier molecular flexibility index (Phi) is 9.61. The smallest absolute Gasteiger partial charge is 0.481 e. The summed E-state index contributed by atoms with van der Waals surface area (Å²) in [4.78, 5) is 69.5. The fourth-order valence-electron chi connectivity index (χ4n) is 3.72. The fraction of sp³-hybridized carbons (Fsp3) is 0.200. The second-order valence-corrected chi connectivity index (χ2v) is 9.67. The predicted octanol–water partition coefficient (Wildman–Crippen LogP) is 1.21. The first-order valence-corrected chi connectivity index (χ1v) is 13.1. The van der Waals surface area contributed by atoms with Crippen molar-refractivity contribution in [3.8, 4) is 5.75 Å². The van der Waals surface area contributed by atoms with Crippen LogP contribution in [0.1, 0.15) is 24.0 Å². The number of carboxylic acids is 1. The molecule has 3 aromatic rings. The molecule has 1 aromatic heterocycles. The second kappa shape index (κ2) is 12.9. The van der Waals surface area contributed by atoms with Gasteiger partial charge in [0.1, 0.15) is 17.8 Å². The normalized spacial score (nSPS) is 13.1. The van der Waals surface area contributed by atoms with E-state index in [-0.39, 0.29) is 18.6 Å². The van der Waals surface area contributed by atoms with Crippen LogP contribution < -0.4 is 20.9 Å². The zero-order chi connectivity index (χ0) is 28.6. The van der Waals surface area contributed by atoms with Gasteiger partial charge in [0.15, 0.2) is 0 Å². The SMILES string of the molecule is NC(=O)[C@H](Cc1c[nH]c2ccccc12)NC(=O)C(CCC(=O)O)NC(=O)/C=C/c1ccc(OP(=O)(O)O)cc1. The molecular formula is C25H27N4O9P. The van der Waals surface area contributed by atoms with Gasteiger partial charge in [-0.05, 0) is 41.8 Å². The minimum absolute atomic E-state index is 0.0757. The van der Waals surface area contributed by atoms with Crippen LogP contribution >= 0.6 is 7.82 Å².